The average molecular weight is 451 g/mol. The number of halogens is 3. The van der Waals surface area contributed by atoms with Crippen LogP contribution in [0.25, 0.3) is 22.4 Å². The summed E-state index contributed by atoms with van der Waals surface area (Å²) in [6.07, 6.45) is 0. The maximum absolute atomic E-state index is 13.4. The number of aromatic carboxylic acids is 1. The second-order valence-corrected chi connectivity index (χ2v) is 7.90. The van der Waals surface area contributed by atoms with Gasteiger partial charge in [-0.05, 0) is 56.2 Å². The standard InChI is InChI=1S/C22H18Cl3NO3/c1-4-26-12(3)18(15-7-6-14(23)9-11(15)2)21(27)19(22(28)29)20(26)13-5-8-16(24)17(25)10-13/h5-10H,4H2,1-3H3,(H,28,29). The van der Waals surface area contributed by atoms with E-state index in [1.807, 2.05) is 18.4 Å². The van der Waals surface area contributed by atoms with E-state index >= 15 is 0 Å². The van der Waals surface area contributed by atoms with E-state index in [2.05, 4.69) is 0 Å². The number of aromatic nitrogens is 1. The van der Waals surface area contributed by atoms with Crippen molar-refractivity contribution in [3.63, 3.8) is 0 Å². The third-order valence-electron chi connectivity index (χ3n) is 4.91. The van der Waals surface area contributed by atoms with Gasteiger partial charge in [-0.3, -0.25) is 4.79 Å². The van der Waals surface area contributed by atoms with Crippen LogP contribution in [-0.4, -0.2) is 15.6 Å². The normalized spacial score (nSPS) is 11.0. The van der Waals surface area contributed by atoms with Gasteiger partial charge in [-0.15, -0.1) is 0 Å². The number of benzene rings is 2. The third kappa shape index (κ3) is 3.80. The van der Waals surface area contributed by atoms with Gasteiger partial charge in [-0.2, -0.15) is 0 Å². The Morgan fingerprint density at radius 1 is 1.03 bits per heavy atom. The van der Waals surface area contributed by atoms with Crippen molar-refractivity contribution in [2.75, 3.05) is 0 Å². The van der Waals surface area contributed by atoms with Crippen molar-refractivity contribution in [1.29, 1.82) is 0 Å². The molecule has 29 heavy (non-hydrogen) atoms. The molecule has 0 fully saturated rings. The fourth-order valence-corrected chi connectivity index (χ4v) is 4.12. The first kappa shape index (κ1) is 21.4. The summed E-state index contributed by atoms with van der Waals surface area (Å²) in [5, 5.41) is 11.1. The monoisotopic (exact) mass is 449 g/mol. The van der Waals surface area contributed by atoms with Crippen LogP contribution in [0.4, 0.5) is 0 Å². The van der Waals surface area contributed by atoms with Crippen molar-refractivity contribution in [2.45, 2.75) is 27.3 Å². The van der Waals surface area contributed by atoms with Crippen LogP contribution in [-0.2, 0) is 6.54 Å². The lowest BCUT2D eigenvalue weighted by molar-refractivity contribution is 0.0695. The fourth-order valence-electron chi connectivity index (χ4n) is 3.60. The van der Waals surface area contributed by atoms with Crippen molar-refractivity contribution in [3.05, 3.63) is 78.5 Å². The maximum Gasteiger partial charge on any atom is 0.341 e. The lowest BCUT2D eigenvalue weighted by Crippen LogP contribution is -2.25. The topological polar surface area (TPSA) is 59.3 Å². The van der Waals surface area contributed by atoms with Gasteiger partial charge in [0.1, 0.15) is 5.56 Å². The van der Waals surface area contributed by atoms with E-state index in [1.54, 1.807) is 43.3 Å². The lowest BCUT2D eigenvalue weighted by Gasteiger charge is -2.22. The molecule has 0 radical (unpaired) electrons. The molecule has 3 rings (SSSR count). The Kier molecular flexibility index (Phi) is 6.08. The number of aryl methyl sites for hydroxylation is 1. The second kappa shape index (κ2) is 8.23. The summed E-state index contributed by atoms with van der Waals surface area (Å²) in [7, 11) is 0. The minimum Gasteiger partial charge on any atom is -0.477 e. The molecule has 0 saturated carbocycles. The highest BCUT2D eigenvalue weighted by molar-refractivity contribution is 6.42. The number of rotatable bonds is 4. The van der Waals surface area contributed by atoms with Gasteiger partial charge < -0.3 is 9.67 Å². The van der Waals surface area contributed by atoms with E-state index < -0.39 is 11.4 Å². The number of carboxylic acids is 1. The van der Waals surface area contributed by atoms with E-state index in [0.29, 0.717) is 44.7 Å². The largest absolute Gasteiger partial charge is 0.477 e. The molecular formula is C22H18Cl3NO3. The van der Waals surface area contributed by atoms with Crippen LogP contribution in [0.1, 0.15) is 28.5 Å². The number of carbonyl (C=O) groups is 1. The van der Waals surface area contributed by atoms with Crippen molar-refractivity contribution >= 4 is 40.8 Å². The smallest absolute Gasteiger partial charge is 0.341 e. The highest BCUT2D eigenvalue weighted by Crippen LogP contribution is 2.34. The zero-order valence-electron chi connectivity index (χ0n) is 16.0. The molecule has 0 bridgehead atoms. The summed E-state index contributed by atoms with van der Waals surface area (Å²) in [6, 6.07) is 10.00. The first-order valence-electron chi connectivity index (χ1n) is 8.90. The summed E-state index contributed by atoms with van der Waals surface area (Å²) in [4.78, 5) is 25.6. The van der Waals surface area contributed by atoms with Gasteiger partial charge in [0.05, 0.1) is 15.7 Å². The third-order valence-corrected chi connectivity index (χ3v) is 5.88. The minimum absolute atomic E-state index is 0.283. The fraction of sp³-hybridized carbons (Fsp3) is 0.182. The highest BCUT2D eigenvalue weighted by atomic mass is 35.5. The van der Waals surface area contributed by atoms with Gasteiger partial charge in [0.25, 0.3) is 0 Å². The summed E-state index contributed by atoms with van der Waals surface area (Å²) in [6.45, 7) is 5.99. The molecule has 3 aromatic rings. The van der Waals surface area contributed by atoms with Crippen LogP contribution in [0.15, 0.2) is 41.2 Å². The molecule has 0 unspecified atom stereocenters. The van der Waals surface area contributed by atoms with Crippen molar-refractivity contribution in [3.8, 4) is 22.4 Å². The Morgan fingerprint density at radius 3 is 2.28 bits per heavy atom. The van der Waals surface area contributed by atoms with Crippen LogP contribution in [0, 0.1) is 13.8 Å². The molecule has 0 atom stereocenters. The summed E-state index contributed by atoms with van der Waals surface area (Å²) >= 11 is 18.2. The summed E-state index contributed by atoms with van der Waals surface area (Å²) in [5.74, 6) is -1.30. The minimum atomic E-state index is -1.30. The molecular weight excluding hydrogens is 433 g/mol. The lowest BCUT2D eigenvalue weighted by atomic mass is 9.94. The molecule has 0 spiro atoms. The van der Waals surface area contributed by atoms with Crippen LogP contribution in [0.2, 0.25) is 15.1 Å². The van der Waals surface area contributed by atoms with Crippen LogP contribution in [0.5, 0.6) is 0 Å². The number of carboxylic acid groups (broad SMARTS) is 1. The van der Waals surface area contributed by atoms with Crippen molar-refractivity contribution in [2.24, 2.45) is 0 Å². The van der Waals surface area contributed by atoms with Gasteiger partial charge >= 0.3 is 5.97 Å². The maximum atomic E-state index is 13.4. The highest BCUT2D eigenvalue weighted by Gasteiger charge is 2.26. The predicted octanol–water partition coefficient (Wildman–Crippen LogP) is 6.48. The zero-order chi connectivity index (χ0) is 21.5. The molecule has 2 aromatic carbocycles. The van der Waals surface area contributed by atoms with Gasteiger partial charge in [0.2, 0.25) is 5.43 Å². The number of pyridine rings is 1. The van der Waals surface area contributed by atoms with Gasteiger partial charge in [-0.25, -0.2) is 4.79 Å². The first-order chi connectivity index (χ1) is 13.7. The Morgan fingerprint density at radius 2 is 1.72 bits per heavy atom. The van der Waals surface area contributed by atoms with Gasteiger partial charge in [0.15, 0.2) is 0 Å². The summed E-state index contributed by atoms with van der Waals surface area (Å²) < 4.78 is 1.81. The molecule has 0 aliphatic carbocycles. The summed E-state index contributed by atoms with van der Waals surface area (Å²) in [5.41, 5.74) is 2.42. The average Bonchev–Trinajstić information content (AvgIpc) is 2.65. The van der Waals surface area contributed by atoms with Crippen LogP contribution in [0.3, 0.4) is 0 Å². The Balaban J connectivity index is 2.47. The number of hydrogen-bond donors (Lipinski definition) is 1. The molecule has 4 nitrogen and oxygen atoms in total. The molecule has 150 valence electrons. The number of nitrogens with zero attached hydrogens (tertiary/aromatic N) is 1. The van der Waals surface area contributed by atoms with Crippen LogP contribution >= 0.6 is 34.8 Å². The molecule has 1 heterocycles. The van der Waals surface area contributed by atoms with E-state index in [4.69, 9.17) is 34.8 Å². The molecule has 0 aliphatic rings. The van der Waals surface area contributed by atoms with Crippen LogP contribution < -0.4 is 5.43 Å². The SMILES string of the molecule is CCn1c(C)c(-c2ccc(Cl)cc2C)c(=O)c(C(=O)O)c1-c1ccc(Cl)c(Cl)c1. The van der Waals surface area contributed by atoms with Gasteiger partial charge in [-0.1, -0.05) is 46.9 Å². The Bertz CT molecular complexity index is 1200. The molecule has 0 saturated heterocycles. The van der Waals surface area contributed by atoms with Gasteiger partial charge in [0, 0.05) is 28.4 Å². The quantitative estimate of drug-likeness (QED) is 0.495. The predicted molar refractivity (Wildman–Crippen MR) is 119 cm³/mol. The van der Waals surface area contributed by atoms with Crippen molar-refractivity contribution < 1.29 is 9.90 Å². The molecule has 0 amide bonds. The second-order valence-electron chi connectivity index (χ2n) is 6.65. The first-order valence-corrected chi connectivity index (χ1v) is 10.0. The van der Waals surface area contributed by atoms with E-state index in [9.17, 15) is 14.7 Å². The Hall–Kier alpha value is -2.27. The van der Waals surface area contributed by atoms with E-state index in [-0.39, 0.29) is 10.6 Å². The molecule has 0 aliphatic heterocycles. The molecule has 1 N–H and O–H groups in total. The zero-order valence-corrected chi connectivity index (χ0v) is 18.3. The van der Waals surface area contributed by atoms with E-state index in [1.165, 1.54) is 0 Å². The number of hydrogen-bond acceptors (Lipinski definition) is 2. The Labute approximate surface area is 183 Å². The molecule has 1 aromatic heterocycles. The van der Waals surface area contributed by atoms with E-state index in [0.717, 1.165) is 5.56 Å². The van der Waals surface area contributed by atoms with Crippen molar-refractivity contribution in [1.82, 2.24) is 4.57 Å². The molecule has 7 heteroatoms.